The Morgan fingerprint density at radius 2 is 2.00 bits per heavy atom. The lowest BCUT2D eigenvalue weighted by Gasteiger charge is -2.31. The molecule has 100 valence electrons. The fourth-order valence-electron chi connectivity index (χ4n) is 2.12. The maximum absolute atomic E-state index is 11.4. The van der Waals surface area contributed by atoms with Crippen LogP contribution in [0, 0.1) is 6.92 Å². The van der Waals surface area contributed by atoms with Gasteiger partial charge in [-0.05, 0) is 31.9 Å². The molecule has 2 heterocycles. The summed E-state index contributed by atoms with van der Waals surface area (Å²) in [5.41, 5.74) is 1.99. The molecule has 0 amide bonds. The van der Waals surface area contributed by atoms with Crippen LogP contribution in [0.25, 0.3) is 0 Å². The van der Waals surface area contributed by atoms with E-state index in [0.29, 0.717) is 19.1 Å². The van der Waals surface area contributed by atoms with Gasteiger partial charge in [-0.2, -0.15) is 0 Å². The Morgan fingerprint density at radius 1 is 1.33 bits per heavy atom. The van der Waals surface area contributed by atoms with E-state index in [1.807, 2.05) is 25.3 Å². The summed E-state index contributed by atoms with van der Waals surface area (Å²) < 4.78 is 24.3. The standard InChI is InChI=1S/C12H19N3O2S/c1-10-3-4-12(9-13-10)14-11-5-7-15(8-6-11)18(2,16)17/h3-4,9,11,14H,5-8H2,1-2H3. The van der Waals surface area contributed by atoms with Gasteiger partial charge in [-0.3, -0.25) is 4.98 Å². The zero-order valence-electron chi connectivity index (χ0n) is 10.8. The molecule has 1 aromatic heterocycles. The van der Waals surface area contributed by atoms with E-state index < -0.39 is 10.0 Å². The first-order chi connectivity index (χ1) is 8.45. The largest absolute Gasteiger partial charge is 0.381 e. The van der Waals surface area contributed by atoms with Gasteiger partial charge in [0.15, 0.2) is 0 Å². The van der Waals surface area contributed by atoms with Crippen molar-refractivity contribution in [1.29, 1.82) is 0 Å². The third-order valence-corrected chi connectivity index (χ3v) is 4.51. The number of nitrogens with one attached hydrogen (secondary N) is 1. The first kappa shape index (κ1) is 13.3. The van der Waals surface area contributed by atoms with Crippen LogP contribution < -0.4 is 5.32 Å². The monoisotopic (exact) mass is 269 g/mol. The van der Waals surface area contributed by atoms with Gasteiger partial charge in [-0.25, -0.2) is 12.7 Å². The molecule has 18 heavy (non-hydrogen) atoms. The number of nitrogens with zero attached hydrogens (tertiary/aromatic N) is 2. The van der Waals surface area contributed by atoms with Crippen molar-refractivity contribution in [2.75, 3.05) is 24.7 Å². The van der Waals surface area contributed by atoms with E-state index >= 15 is 0 Å². The Bertz CT molecular complexity index is 491. The second-order valence-electron chi connectivity index (χ2n) is 4.77. The van der Waals surface area contributed by atoms with Crippen molar-refractivity contribution in [2.24, 2.45) is 0 Å². The van der Waals surface area contributed by atoms with Gasteiger partial charge in [0.2, 0.25) is 10.0 Å². The second kappa shape index (κ2) is 5.24. The van der Waals surface area contributed by atoms with Crippen LogP contribution in [0.4, 0.5) is 5.69 Å². The van der Waals surface area contributed by atoms with Crippen molar-refractivity contribution in [3.63, 3.8) is 0 Å². The van der Waals surface area contributed by atoms with Crippen molar-refractivity contribution >= 4 is 15.7 Å². The molecule has 0 aliphatic carbocycles. The summed E-state index contributed by atoms with van der Waals surface area (Å²) in [7, 11) is -3.03. The number of pyridine rings is 1. The number of anilines is 1. The Balaban J connectivity index is 1.89. The summed E-state index contributed by atoms with van der Waals surface area (Å²) in [4.78, 5) is 4.23. The lowest BCUT2D eigenvalue weighted by atomic mass is 10.1. The van der Waals surface area contributed by atoms with Crippen LogP contribution in [0.1, 0.15) is 18.5 Å². The minimum absolute atomic E-state index is 0.326. The molecule has 0 atom stereocenters. The first-order valence-electron chi connectivity index (χ1n) is 6.09. The van der Waals surface area contributed by atoms with Crippen LogP contribution in [0.3, 0.4) is 0 Å². The molecule has 0 unspecified atom stereocenters. The fraction of sp³-hybridized carbons (Fsp3) is 0.583. The van der Waals surface area contributed by atoms with Crippen molar-refractivity contribution in [3.05, 3.63) is 24.0 Å². The third-order valence-electron chi connectivity index (χ3n) is 3.21. The number of hydrogen-bond donors (Lipinski definition) is 1. The van der Waals surface area contributed by atoms with E-state index in [0.717, 1.165) is 24.2 Å². The summed E-state index contributed by atoms with van der Waals surface area (Å²) in [5, 5.41) is 3.40. The van der Waals surface area contributed by atoms with Crippen LogP contribution in [-0.2, 0) is 10.0 Å². The topological polar surface area (TPSA) is 62.3 Å². The van der Waals surface area contributed by atoms with Gasteiger partial charge in [0.25, 0.3) is 0 Å². The van der Waals surface area contributed by atoms with Crippen molar-refractivity contribution in [2.45, 2.75) is 25.8 Å². The zero-order chi connectivity index (χ0) is 13.2. The molecule has 1 aliphatic heterocycles. The third kappa shape index (κ3) is 3.43. The number of piperidine rings is 1. The SMILES string of the molecule is Cc1ccc(NC2CCN(S(C)(=O)=O)CC2)cn1. The lowest BCUT2D eigenvalue weighted by molar-refractivity contribution is 0.332. The molecule has 1 aliphatic rings. The van der Waals surface area contributed by atoms with E-state index in [4.69, 9.17) is 0 Å². The molecule has 0 bridgehead atoms. The molecule has 5 nitrogen and oxygen atoms in total. The summed E-state index contributed by atoms with van der Waals surface area (Å²) in [6.07, 6.45) is 4.75. The molecule has 6 heteroatoms. The average molecular weight is 269 g/mol. The minimum Gasteiger partial charge on any atom is -0.381 e. The van der Waals surface area contributed by atoms with E-state index in [1.54, 1.807) is 4.31 Å². The quantitative estimate of drug-likeness (QED) is 0.896. The lowest BCUT2D eigenvalue weighted by Crippen LogP contribution is -2.41. The molecular weight excluding hydrogens is 250 g/mol. The van der Waals surface area contributed by atoms with Gasteiger partial charge in [0.1, 0.15) is 0 Å². The van der Waals surface area contributed by atoms with Crippen LogP contribution >= 0.6 is 0 Å². The molecule has 1 fully saturated rings. The van der Waals surface area contributed by atoms with Gasteiger partial charge < -0.3 is 5.32 Å². The Morgan fingerprint density at radius 3 is 2.50 bits per heavy atom. The number of hydrogen-bond acceptors (Lipinski definition) is 4. The molecule has 0 radical (unpaired) electrons. The highest BCUT2D eigenvalue weighted by Crippen LogP contribution is 2.17. The Hall–Kier alpha value is -1.14. The van der Waals surface area contributed by atoms with E-state index in [-0.39, 0.29) is 0 Å². The highest BCUT2D eigenvalue weighted by molar-refractivity contribution is 7.88. The summed E-state index contributed by atoms with van der Waals surface area (Å²) in [6.45, 7) is 3.14. The van der Waals surface area contributed by atoms with Gasteiger partial charge in [-0.15, -0.1) is 0 Å². The summed E-state index contributed by atoms with van der Waals surface area (Å²) in [5.74, 6) is 0. The predicted molar refractivity (Wildman–Crippen MR) is 72.0 cm³/mol. The van der Waals surface area contributed by atoms with Crippen LogP contribution in [0.2, 0.25) is 0 Å². The molecule has 1 N–H and O–H groups in total. The maximum Gasteiger partial charge on any atom is 0.211 e. The highest BCUT2D eigenvalue weighted by Gasteiger charge is 2.24. The van der Waals surface area contributed by atoms with E-state index in [1.165, 1.54) is 6.26 Å². The van der Waals surface area contributed by atoms with Crippen LogP contribution in [0.15, 0.2) is 18.3 Å². The molecule has 0 saturated carbocycles. The Labute approximate surface area is 108 Å². The molecular formula is C12H19N3O2S. The molecule has 2 rings (SSSR count). The summed E-state index contributed by atoms with van der Waals surface area (Å²) >= 11 is 0. The number of rotatable bonds is 3. The van der Waals surface area contributed by atoms with Gasteiger partial charge in [0.05, 0.1) is 18.1 Å². The average Bonchev–Trinajstić information content (AvgIpc) is 2.32. The van der Waals surface area contributed by atoms with Crippen molar-refractivity contribution in [3.8, 4) is 0 Å². The highest BCUT2D eigenvalue weighted by atomic mass is 32.2. The Kier molecular flexibility index (Phi) is 3.87. The smallest absolute Gasteiger partial charge is 0.211 e. The number of sulfonamides is 1. The maximum atomic E-state index is 11.4. The van der Waals surface area contributed by atoms with Gasteiger partial charge >= 0.3 is 0 Å². The number of aromatic nitrogens is 1. The number of aryl methyl sites for hydroxylation is 1. The van der Waals surface area contributed by atoms with Crippen molar-refractivity contribution in [1.82, 2.24) is 9.29 Å². The van der Waals surface area contributed by atoms with Gasteiger partial charge in [-0.1, -0.05) is 0 Å². The van der Waals surface area contributed by atoms with Crippen LogP contribution in [0.5, 0.6) is 0 Å². The van der Waals surface area contributed by atoms with Crippen molar-refractivity contribution < 1.29 is 8.42 Å². The molecule has 0 aromatic carbocycles. The summed E-state index contributed by atoms with van der Waals surface area (Å²) in [6, 6.07) is 4.30. The molecule has 0 spiro atoms. The minimum atomic E-state index is -3.03. The van der Waals surface area contributed by atoms with E-state index in [2.05, 4.69) is 10.3 Å². The second-order valence-corrected chi connectivity index (χ2v) is 6.75. The van der Waals surface area contributed by atoms with Crippen LogP contribution in [-0.4, -0.2) is 43.1 Å². The zero-order valence-corrected chi connectivity index (χ0v) is 11.6. The molecule has 1 aromatic rings. The molecule has 1 saturated heterocycles. The normalized spacial score (nSPS) is 18.8. The van der Waals surface area contributed by atoms with E-state index in [9.17, 15) is 8.42 Å². The predicted octanol–water partition coefficient (Wildman–Crippen LogP) is 1.23. The fourth-order valence-corrected chi connectivity index (χ4v) is 2.99. The first-order valence-corrected chi connectivity index (χ1v) is 7.94. The van der Waals surface area contributed by atoms with Gasteiger partial charge in [0, 0.05) is 24.8 Å².